The lowest BCUT2D eigenvalue weighted by atomic mass is 10.4. The minimum Gasteiger partial charge on any atom is -0.347 e. The van der Waals surface area contributed by atoms with Crippen LogP contribution < -0.4 is 4.90 Å². The molecular formula is C10H11N3OS2. The van der Waals surface area contributed by atoms with Crippen LogP contribution in [0.3, 0.4) is 0 Å². The number of aromatic nitrogens is 1. The SMILES string of the molecule is CC(=O)SC1CCN(c2nc(C#N)cs2)C1. The Bertz CT molecular complexity index is 438. The number of nitriles is 1. The molecule has 1 aromatic heterocycles. The van der Waals surface area contributed by atoms with Gasteiger partial charge >= 0.3 is 0 Å². The Balaban J connectivity index is 1.98. The molecule has 0 N–H and O–H groups in total. The van der Waals surface area contributed by atoms with Gasteiger partial charge in [0.05, 0.1) is 0 Å². The van der Waals surface area contributed by atoms with Crippen LogP contribution in [-0.2, 0) is 4.79 Å². The highest BCUT2D eigenvalue weighted by Crippen LogP contribution is 2.29. The molecule has 6 heteroatoms. The maximum absolute atomic E-state index is 11.0. The summed E-state index contributed by atoms with van der Waals surface area (Å²) in [7, 11) is 0. The molecule has 1 unspecified atom stereocenters. The van der Waals surface area contributed by atoms with Crippen molar-refractivity contribution < 1.29 is 4.79 Å². The number of carbonyl (C=O) groups excluding carboxylic acids is 1. The summed E-state index contributed by atoms with van der Waals surface area (Å²) in [5.41, 5.74) is 0.475. The summed E-state index contributed by atoms with van der Waals surface area (Å²) >= 11 is 2.89. The van der Waals surface area contributed by atoms with Gasteiger partial charge in [-0.1, -0.05) is 11.8 Å². The van der Waals surface area contributed by atoms with E-state index in [4.69, 9.17) is 5.26 Å². The van der Waals surface area contributed by atoms with E-state index in [0.29, 0.717) is 10.9 Å². The third-order valence-corrected chi connectivity index (χ3v) is 4.31. The Morgan fingerprint density at radius 1 is 1.81 bits per heavy atom. The van der Waals surface area contributed by atoms with Gasteiger partial charge in [-0.05, 0) is 6.42 Å². The molecule has 0 radical (unpaired) electrons. The van der Waals surface area contributed by atoms with Crippen molar-refractivity contribution in [2.24, 2.45) is 0 Å². The topological polar surface area (TPSA) is 57.0 Å². The zero-order valence-corrected chi connectivity index (χ0v) is 10.5. The number of nitrogens with zero attached hydrogens (tertiary/aromatic N) is 3. The van der Waals surface area contributed by atoms with Gasteiger partial charge in [-0.2, -0.15) is 5.26 Å². The largest absolute Gasteiger partial charge is 0.347 e. The molecule has 84 valence electrons. The lowest BCUT2D eigenvalue weighted by Gasteiger charge is -2.13. The zero-order valence-electron chi connectivity index (χ0n) is 8.84. The summed E-state index contributed by atoms with van der Waals surface area (Å²) in [5.74, 6) is 0. The molecule has 2 heterocycles. The number of thioether (sulfide) groups is 1. The van der Waals surface area contributed by atoms with Gasteiger partial charge in [-0.3, -0.25) is 4.79 Å². The second-order valence-electron chi connectivity index (χ2n) is 3.59. The molecule has 1 aliphatic heterocycles. The van der Waals surface area contributed by atoms with Crippen molar-refractivity contribution in [1.29, 1.82) is 5.26 Å². The third-order valence-electron chi connectivity index (χ3n) is 2.35. The summed E-state index contributed by atoms with van der Waals surface area (Å²) in [6.45, 7) is 3.37. The molecule has 0 saturated carbocycles. The molecule has 0 aromatic carbocycles. The van der Waals surface area contributed by atoms with Crippen molar-refractivity contribution >= 4 is 33.3 Å². The monoisotopic (exact) mass is 253 g/mol. The molecule has 0 aliphatic carbocycles. The van der Waals surface area contributed by atoms with Gasteiger partial charge in [0.15, 0.2) is 15.9 Å². The van der Waals surface area contributed by atoms with Gasteiger partial charge in [0, 0.05) is 30.6 Å². The predicted molar refractivity (Wildman–Crippen MR) is 65.7 cm³/mol. The lowest BCUT2D eigenvalue weighted by molar-refractivity contribution is -0.109. The Labute approximate surface area is 102 Å². The van der Waals surface area contributed by atoms with E-state index in [2.05, 4.69) is 9.88 Å². The third kappa shape index (κ3) is 2.54. The van der Waals surface area contributed by atoms with Gasteiger partial charge in [0.1, 0.15) is 6.07 Å². The summed E-state index contributed by atoms with van der Waals surface area (Å²) in [6, 6.07) is 2.03. The smallest absolute Gasteiger partial charge is 0.186 e. The fourth-order valence-electron chi connectivity index (χ4n) is 1.69. The van der Waals surface area contributed by atoms with Crippen molar-refractivity contribution in [3.63, 3.8) is 0 Å². The highest BCUT2D eigenvalue weighted by Gasteiger charge is 2.25. The Morgan fingerprint density at radius 2 is 2.62 bits per heavy atom. The summed E-state index contributed by atoms with van der Waals surface area (Å²) in [6.07, 6.45) is 1.01. The molecule has 16 heavy (non-hydrogen) atoms. The molecule has 1 fully saturated rings. The average molecular weight is 253 g/mol. The number of hydrogen-bond acceptors (Lipinski definition) is 6. The quantitative estimate of drug-likeness (QED) is 0.805. The molecule has 1 aromatic rings. The number of rotatable bonds is 2. The van der Waals surface area contributed by atoms with E-state index in [-0.39, 0.29) is 5.12 Å². The van der Waals surface area contributed by atoms with Crippen LogP contribution in [0.4, 0.5) is 5.13 Å². The molecule has 1 atom stereocenters. The molecule has 2 rings (SSSR count). The lowest BCUT2D eigenvalue weighted by Crippen LogP contribution is -2.20. The van der Waals surface area contributed by atoms with Crippen molar-refractivity contribution in [1.82, 2.24) is 4.98 Å². The molecule has 1 saturated heterocycles. The first-order chi connectivity index (χ1) is 7.69. The Morgan fingerprint density at radius 3 is 3.25 bits per heavy atom. The van der Waals surface area contributed by atoms with E-state index < -0.39 is 0 Å². The Kier molecular flexibility index (Phi) is 3.46. The fraction of sp³-hybridized carbons (Fsp3) is 0.500. The van der Waals surface area contributed by atoms with Gasteiger partial charge in [-0.15, -0.1) is 11.3 Å². The van der Waals surface area contributed by atoms with E-state index in [1.54, 1.807) is 12.3 Å². The van der Waals surface area contributed by atoms with Crippen molar-refractivity contribution in [3.05, 3.63) is 11.1 Å². The van der Waals surface area contributed by atoms with E-state index in [1.165, 1.54) is 23.1 Å². The summed E-state index contributed by atoms with van der Waals surface area (Å²) in [4.78, 5) is 17.3. The minimum absolute atomic E-state index is 0.170. The molecule has 0 bridgehead atoms. The zero-order chi connectivity index (χ0) is 11.5. The van der Waals surface area contributed by atoms with Crippen LogP contribution in [0.1, 0.15) is 19.0 Å². The van der Waals surface area contributed by atoms with Crippen molar-refractivity contribution in [2.75, 3.05) is 18.0 Å². The maximum atomic E-state index is 11.0. The minimum atomic E-state index is 0.170. The summed E-state index contributed by atoms with van der Waals surface area (Å²) in [5, 5.41) is 11.9. The van der Waals surface area contributed by atoms with Gasteiger partial charge in [0.2, 0.25) is 0 Å². The molecule has 0 spiro atoms. The fourth-order valence-corrected chi connectivity index (χ4v) is 3.43. The first kappa shape index (κ1) is 11.4. The average Bonchev–Trinajstić information content (AvgIpc) is 2.83. The van der Waals surface area contributed by atoms with Crippen LogP contribution in [0.5, 0.6) is 0 Å². The van der Waals surface area contributed by atoms with Crippen LogP contribution in [-0.4, -0.2) is 28.4 Å². The van der Waals surface area contributed by atoms with E-state index in [9.17, 15) is 4.79 Å². The van der Waals surface area contributed by atoms with Crippen LogP contribution in [0, 0.1) is 11.3 Å². The molecule has 1 aliphatic rings. The van der Waals surface area contributed by atoms with Crippen molar-refractivity contribution in [3.8, 4) is 6.07 Å². The second-order valence-corrected chi connectivity index (χ2v) is 5.91. The van der Waals surface area contributed by atoms with E-state index in [1.807, 2.05) is 6.07 Å². The van der Waals surface area contributed by atoms with Crippen LogP contribution in [0.15, 0.2) is 5.38 Å². The molecule has 0 amide bonds. The first-order valence-electron chi connectivity index (χ1n) is 4.97. The standard InChI is InChI=1S/C10H11N3OS2/c1-7(14)16-9-2-3-13(5-9)10-12-8(4-11)6-15-10/h6,9H,2-3,5H2,1H3. The van der Waals surface area contributed by atoms with Crippen LogP contribution in [0.25, 0.3) is 0 Å². The highest BCUT2D eigenvalue weighted by molar-refractivity contribution is 8.14. The van der Waals surface area contributed by atoms with E-state index >= 15 is 0 Å². The number of anilines is 1. The Hall–Kier alpha value is -1.06. The van der Waals surface area contributed by atoms with Crippen LogP contribution in [0.2, 0.25) is 0 Å². The van der Waals surface area contributed by atoms with Gasteiger partial charge in [-0.25, -0.2) is 4.98 Å². The number of carbonyl (C=O) groups is 1. The number of thiazole rings is 1. The van der Waals surface area contributed by atoms with Gasteiger partial charge < -0.3 is 4.90 Å². The maximum Gasteiger partial charge on any atom is 0.186 e. The predicted octanol–water partition coefficient (Wildman–Crippen LogP) is 1.87. The normalized spacial score (nSPS) is 19.8. The second kappa shape index (κ2) is 4.85. The van der Waals surface area contributed by atoms with E-state index in [0.717, 1.165) is 24.6 Å². The highest BCUT2D eigenvalue weighted by atomic mass is 32.2. The van der Waals surface area contributed by atoms with Gasteiger partial charge in [0.25, 0.3) is 0 Å². The summed E-state index contributed by atoms with van der Waals surface area (Å²) < 4.78 is 0. The first-order valence-corrected chi connectivity index (χ1v) is 6.73. The van der Waals surface area contributed by atoms with Crippen LogP contribution >= 0.6 is 23.1 Å². The molecular weight excluding hydrogens is 242 g/mol. The van der Waals surface area contributed by atoms with Crippen molar-refractivity contribution in [2.45, 2.75) is 18.6 Å². The molecule has 4 nitrogen and oxygen atoms in total. The number of hydrogen-bond donors (Lipinski definition) is 0.